The largest absolute Gasteiger partial charge is 0.383 e. The highest BCUT2D eigenvalue weighted by molar-refractivity contribution is 8.12. The minimum absolute atomic E-state index is 0.277. The Morgan fingerprint density at radius 3 is 2.27 bits per heavy atom. The van der Waals surface area contributed by atoms with Gasteiger partial charge in [-0.1, -0.05) is 0 Å². The second-order valence-electron chi connectivity index (χ2n) is 2.86. The van der Waals surface area contributed by atoms with Crippen LogP contribution >= 0.6 is 10.7 Å². The maximum Gasteiger partial charge on any atom is 0.297 e. The summed E-state index contributed by atoms with van der Waals surface area (Å²) < 4.78 is 28.0. The Bertz CT molecular complexity index is 212. The van der Waals surface area contributed by atoms with Gasteiger partial charge in [-0.3, -0.25) is 0 Å². The monoisotopic (exact) mass is 201 g/mol. The number of halogens is 1. The highest BCUT2D eigenvalue weighted by atomic mass is 35.7. The van der Waals surface area contributed by atoms with E-state index in [0.717, 1.165) is 0 Å². The van der Waals surface area contributed by atoms with Gasteiger partial charge in [-0.2, -0.15) is 13.1 Å². The van der Waals surface area contributed by atoms with E-state index in [9.17, 15) is 8.42 Å². The fourth-order valence-corrected chi connectivity index (χ4v) is 2.07. The highest BCUT2D eigenvalue weighted by Crippen LogP contribution is 2.06. The average Bonchev–Trinajstić information content (AvgIpc) is 1.55. The van der Waals surface area contributed by atoms with Gasteiger partial charge in [0.25, 0.3) is 9.24 Å². The van der Waals surface area contributed by atoms with Crippen LogP contribution in [0.2, 0.25) is 0 Å². The molecule has 0 aromatic carbocycles. The molecule has 0 rings (SSSR count). The van der Waals surface area contributed by atoms with Crippen molar-refractivity contribution < 1.29 is 13.2 Å². The van der Waals surface area contributed by atoms with Gasteiger partial charge in [0, 0.05) is 17.8 Å². The molecule has 1 N–H and O–H groups in total. The zero-order valence-corrected chi connectivity index (χ0v) is 8.29. The lowest BCUT2D eigenvalue weighted by molar-refractivity contribution is 0.141. The van der Waals surface area contributed by atoms with E-state index in [1.54, 1.807) is 13.8 Å². The molecule has 0 aromatic rings. The molecular weight excluding hydrogens is 190 g/mol. The molecule has 0 unspecified atom stereocenters. The maximum atomic E-state index is 10.5. The van der Waals surface area contributed by atoms with Crippen LogP contribution < -0.4 is 4.72 Å². The molecule has 0 saturated heterocycles. The van der Waals surface area contributed by atoms with Crippen LogP contribution in [0, 0.1) is 0 Å². The molecule has 0 heterocycles. The van der Waals surface area contributed by atoms with Gasteiger partial charge in [0.2, 0.25) is 0 Å². The van der Waals surface area contributed by atoms with Crippen molar-refractivity contribution in [2.75, 3.05) is 13.7 Å². The summed E-state index contributed by atoms with van der Waals surface area (Å²) in [4.78, 5) is 0. The first-order valence-electron chi connectivity index (χ1n) is 2.99. The first-order chi connectivity index (χ1) is 4.77. The molecular formula is C5H12ClNO3S. The zero-order valence-electron chi connectivity index (χ0n) is 6.72. The third-order valence-corrected chi connectivity index (χ3v) is 1.93. The van der Waals surface area contributed by atoms with Crippen molar-refractivity contribution in [3.63, 3.8) is 0 Å². The number of ether oxygens (including phenoxy) is 1. The topological polar surface area (TPSA) is 55.4 Å². The van der Waals surface area contributed by atoms with E-state index in [-0.39, 0.29) is 6.61 Å². The highest BCUT2D eigenvalue weighted by Gasteiger charge is 2.22. The molecule has 6 heteroatoms. The van der Waals surface area contributed by atoms with Crippen LogP contribution in [0.1, 0.15) is 13.8 Å². The molecule has 11 heavy (non-hydrogen) atoms. The summed E-state index contributed by atoms with van der Waals surface area (Å²) in [7, 11) is 2.79. The van der Waals surface area contributed by atoms with E-state index >= 15 is 0 Å². The van der Waals surface area contributed by atoms with Crippen molar-refractivity contribution in [3.8, 4) is 0 Å². The summed E-state index contributed by atoms with van der Waals surface area (Å²) in [5, 5.41) is 0. The molecule has 0 amide bonds. The molecule has 0 radical (unpaired) electrons. The molecule has 0 aliphatic carbocycles. The number of rotatable bonds is 4. The molecule has 0 atom stereocenters. The molecule has 0 spiro atoms. The maximum absolute atomic E-state index is 10.5. The van der Waals surface area contributed by atoms with Gasteiger partial charge in [0.05, 0.1) is 12.1 Å². The Kier molecular flexibility index (Phi) is 3.76. The minimum Gasteiger partial charge on any atom is -0.383 e. The Morgan fingerprint density at radius 2 is 2.00 bits per heavy atom. The van der Waals surface area contributed by atoms with Crippen LogP contribution in [-0.4, -0.2) is 27.7 Å². The van der Waals surface area contributed by atoms with Crippen molar-refractivity contribution in [2.24, 2.45) is 0 Å². The Morgan fingerprint density at radius 1 is 1.55 bits per heavy atom. The Hall–Kier alpha value is 0.160. The summed E-state index contributed by atoms with van der Waals surface area (Å²) in [6.07, 6.45) is 0. The minimum atomic E-state index is -3.66. The molecule has 0 aromatic heterocycles. The first-order valence-corrected chi connectivity index (χ1v) is 5.30. The normalized spacial score (nSPS) is 13.5. The van der Waals surface area contributed by atoms with Gasteiger partial charge in [0.15, 0.2) is 0 Å². The molecule has 0 fully saturated rings. The van der Waals surface area contributed by atoms with Crippen molar-refractivity contribution in [2.45, 2.75) is 19.4 Å². The Labute approximate surface area is 71.4 Å². The zero-order chi connectivity index (χ0) is 9.12. The summed E-state index contributed by atoms with van der Waals surface area (Å²) in [6, 6.07) is 0. The lowest BCUT2D eigenvalue weighted by Crippen LogP contribution is -2.44. The van der Waals surface area contributed by atoms with E-state index in [2.05, 4.69) is 4.72 Å². The number of hydrogen-bond acceptors (Lipinski definition) is 3. The van der Waals surface area contributed by atoms with Crippen LogP contribution in [0.5, 0.6) is 0 Å². The van der Waals surface area contributed by atoms with Crippen LogP contribution in [-0.2, 0) is 14.0 Å². The number of hydrogen-bond donors (Lipinski definition) is 1. The number of methoxy groups -OCH3 is 1. The summed E-state index contributed by atoms with van der Waals surface area (Å²) in [5.74, 6) is 0. The van der Waals surface area contributed by atoms with Crippen LogP contribution in [0.4, 0.5) is 0 Å². The molecule has 4 nitrogen and oxygen atoms in total. The van der Waals surface area contributed by atoms with E-state index in [4.69, 9.17) is 15.4 Å². The quantitative estimate of drug-likeness (QED) is 0.674. The molecule has 0 aliphatic heterocycles. The third kappa shape index (κ3) is 6.55. The fourth-order valence-electron chi connectivity index (χ4n) is 0.720. The summed E-state index contributed by atoms with van der Waals surface area (Å²) in [5.41, 5.74) is -0.657. The van der Waals surface area contributed by atoms with E-state index in [0.29, 0.717) is 0 Å². The molecule has 0 aliphatic rings. The van der Waals surface area contributed by atoms with Crippen molar-refractivity contribution in [1.82, 2.24) is 4.72 Å². The number of nitrogens with one attached hydrogen (secondary N) is 1. The van der Waals surface area contributed by atoms with E-state index in [1.807, 2.05) is 0 Å². The lowest BCUT2D eigenvalue weighted by atomic mass is 10.1. The SMILES string of the molecule is COCC(C)(C)NS(=O)(=O)Cl. The van der Waals surface area contributed by atoms with Gasteiger partial charge in [-0.15, -0.1) is 0 Å². The van der Waals surface area contributed by atoms with Crippen molar-refractivity contribution in [1.29, 1.82) is 0 Å². The second-order valence-corrected chi connectivity index (χ2v) is 5.16. The molecule has 68 valence electrons. The summed E-state index contributed by atoms with van der Waals surface area (Å²) >= 11 is 0. The lowest BCUT2D eigenvalue weighted by Gasteiger charge is -2.22. The third-order valence-electron chi connectivity index (χ3n) is 0.903. The fraction of sp³-hybridized carbons (Fsp3) is 1.00. The van der Waals surface area contributed by atoms with Gasteiger partial charge >= 0.3 is 0 Å². The molecule has 0 saturated carbocycles. The molecule has 0 bridgehead atoms. The van der Waals surface area contributed by atoms with Crippen LogP contribution in [0.15, 0.2) is 0 Å². The average molecular weight is 202 g/mol. The van der Waals surface area contributed by atoms with Gasteiger partial charge in [-0.05, 0) is 13.8 Å². The van der Waals surface area contributed by atoms with E-state index < -0.39 is 14.8 Å². The van der Waals surface area contributed by atoms with Crippen LogP contribution in [0.25, 0.3) is 0 Å². The van der Waals surface area contributed by atoms with Gasteiger partial charge < -0.3 is 4.74 Å². The van der Waals surface area contributed by atoms with Crippen LogP contribution in [0.3, 0.4) is 0 Å². The van der Waals surface area contributed by atoms with Crippen molar-refractivity contribution >= 4 is 19.9 Å². The van der Waals surface area contributed by atoms with Gasteiger partial charge in [-0.25, -0.2) is 0 Å². The summed E-state index contributed by atoms with van der Waals surface area (Å²) in [6.45, 7) is 3.63. The first kappa shape index (κ1) is 11.2. The van der Waals surface area contributed by atoms with Crippen molar-refractivity contribution in [3.05, 3.63) is 0 Å². The van der Waals surface area contributed by atoms with E-state index in [1.165, 1.54) is 7.11 Å². The predicted molar refractivity (Wildman–Crippen MR) is 43.9 cm³/mol. The Balaban J connectivity index is 4.13. The van der Waals surface area contributed by atoms with Gasteiger partial charge in [0.1, 0.15) is 0 Å². The standard InChI is InChI=1S/C5H12ClNO3S/c1-5(2,4-10-3)7-11(6,8)9/h7H,4H2,1-3H3. The smallest absolute Gasteiger partial charge is 0.297 e. The second kappa shape index (κ2) is 3.71. The predicted octanol–water partition coefficient (Wildman–Crippen LogP) is 0.485.